The fourth-order valence-electron chi connectivity index (χ4n) is 1.40. The van der Waals surface area contributed by atoms with Crippen molar-refractivity contribution in [3.05, 3.63) is 44.8 Å². The van der Waals surface area contributed by atoms with Gasteiger partial charge in [-0.2, -0.15) is 8.78 Å². The van der Waals surface area contributed by atoms with Crippen molar-refractivity contribution in [3.63, 3.8) is 0 Å². The van der Waals surface area contributed by atoms with Gasteiger partial charge in [-0.3, -0.25) is 4.79 Å². The Morgan fingerprint density at radius 3 is 2.65 bits per heavy atom. The van der Waals surface area contributed by atoms with Crippen LogP contribution in [0.15, 0.2) is 33.4 Å². The highest BCUT2D eigenvalue weighted by Crippen LogP contribution is 2.24. The van der Waals surface area contributed by atoms with Crippen molar-refractivity contribution in [1.82, 2.24) is 0 Å². The number of thiophene rings is 1. The number of carbonyl (C=O) groups is 1. The Balaban J connectivity index is 2.10. The molecule has 0 aliphatic heterocycles. The molecule has 0 fully saturated rings. The number of benzene rings is 1. The number of halogens is 4. The summed E-state index contributed by atoms with van der Waals surface area (Å²) in [6, 6.07) is 4.84. The van der Waals surface area contributed by atoms with Gasteiger partial charge in [0.1, 0.15) is 0 Å². The van der Waals surface area contributed by atoms with Gasteiger partial charge in [-0.25, -0.2) is 4.39 Å². The van der Waals surface area contributed by atoms with E-state index in [-0.39, 0.29) is 5.69 Å². The van der Waals surface area contributed by atoms with Crippen molar-refractivity contribution >= 4 is 38.9 Å². The van der Waals surface area contributed by atoms with Crippen molar-refractivity contribution in [3.8, 4) is 5.75 Å². The summed E-state index contributed by atoms with van der Waals surface area (Å²) >= 11 is 4.55. The van der Waals surface area contributed by atoms with Crippen molar-refractivity contribution in [2.45, 2.75) is 6.61 Å². The summed E-state index contributed by atoms with van der Waals surface area (Å²) < 4.78 is 42.2. The standard InChI is InChI=1S/C12H7BrF3NO2S/c13-10-3-6(5-20-10)11(18)17-7-1-2-9(8(14)4-7)19-12(15)16/h1-5,12H,(H,17,18). The van der Waals surface area contributed by atoms with E-state index in [1.54, 1.807) is 11.4 Å². The first-order chi connectivity index (χ1) is 9.45. The fourth-order valence-corrected chi connectivity index (χ4v) is 2.54. The van der Waals surface area contributed by atoms with E-state index in [0.717, 1.165) is 15.9 Å². The highest BCUT2D eigenvalue weighted by atomic mass is 79.9. The third-order valence-corrected chi connectivity index (χ3v) is 3.74. The lowest BCUT2D eigenvalue weighted by Crippen LogP contribution is -2.11. The highest BCUT2D eigenvalue weighted by molar-refractivity contribution is 9.11. The molecule has 0 aliphatic carbocycles. The number of hydrogen-bond acceptors (Lipinski definition) is 3. The van der Waals surface area contributed by atoms with Gasteiger partial charge in [0.2, 0.25) is 0 Å². The molecule has 0 spiro atoms. The van der Waals surface area contributed by atoms with Gasteiger partial charge >= 0.3 is 6.61 Å². The van der Waals surface area contributed by atoms with E-state index in [1.807, 2.05) is 0 Å². The Morgan fingerprint density at radius 2 is 2.10 bits per heavy atom. The minimum atomic E-state index is -3.10. The molecule has 1 aromatic heterocycles. The summed E-state index contributed by atoms with van der Waals surface area (Å²) in [4.78, 5) is 11.8. The molecule has 0 saturated heterocycles. The molecule has 0 bridgehead atoms. The van der Waals surface area contributed by atoms with Crippen LogP contribution < -0.4 is 10.1 Å². The van der Waals surface area contributed by atoms with Crippen LogP contribution in [0.3, 0.4) is 0 Å². The van der Waals surface area contributed by atoms with E-state index in [1.165, 1.54) is 17.4 Å². The molecule has 2 rings (SSSR count). The van der Waals surface area contributed by atoms with Gasteiger partial charge in [0, 0.05) is 17.1 Å². The Morgan fingerprint density at radius 1 is 1.35 bits per heavy atom. The maximum atomic E-state index is 13.5. The average Bonchev–Trinajstić information content (AvgIpc) is 2.79. The molecule has 0 saturated carbocycles. The summed E-state index contributed by atoms with van der Waals surface area (Å²) in [6.07, 6.45) is 0. The summed E-state index contributed by atoms with van der Waals surface area (Å²) in [5.41, 5.74) is 0.562. The van der Waals surface area contributed by atoms with Crippen molar-refractivity contribution < 1.29 is 22.7 Å². The van der Waals surface area contributed by atoms with Crippen LogP contribution in [0.2, 0.25) is 0 Å². The van der Waals surface area contributed by atoms with E-state index in [0.29, 0.717) is 5.56 Å². The number of nitrogens with one attached hydrogen (secondary N) is 1. The Bertz CT molecular complexity index is 633. The molecule has 8 heteroatoms. The minimum Gasteiger partial charge on any atom is -0.432 e. The van der Waals surface area contributed by atoms with Crippen molar-refractivity contribution in [2.24, 2.45) is 0 Å². The molecule has 20 heavy (non-hydrogen) atoms. The second-order valence-corrected chi connectivity index (χ2v) is 5.91. The summed E-state index contributed by atoms with van der Waals surface area (Å²) in [5, 5.41) is 4.09. The van der Waals surface area contributed by atoms with E-state index in [9.17, 15) is 18.0 Å². The van der Waals surface area contributed by atoms with E-state index >= 15 is 0 Å². The largest absolute Gasteiger partial charge is 0.432 e. The molecule has 1 aromatic carbocycles. The first-order valence-corrected chi connectivity index (χ1v) is 6.92. The van der Waals surface area contributed by atoms with Crippen LogP contribution in [0, 0.1) is 5.82 Å². The number of carbonyl (C=O) groups excluding carboxylic acids is 1. The fraction of sp³-hybridized carbons (Fsp3) is 0.0833. The zero-order valence-electron chi connectivity index (χ0n) is 9.70. The zero-order chi connectivity index (χ0) is 14.7. The Labute approximate surface area is 124 Å². The topological polar surface area (TPSA) is 38.3 Å². The lowest BCUT2D eigenvalue weighted by atomic mass is 10.2. The molecule has 0 radical (unpaired) electrons. The van der Waals surface area contributed by atoms with Crippen molar-refractivity contribution in [1.29, 1.82) is 0 Å². The maximum absolute atomic E-state index is 13.5. The third-order valence-electron chi connectivity index (χ3n) is 2.24. The van der Waals surface area contributed by atoms with Crippen LogP contribution in [0.5, 0.6) is 5.75 Å². The molecular formula is C12H7BrF3NO2S. The molecule has 1 amide bonds. The van der Waals surface area contributed by atoms with Crippen LogP contribution in [-0.4, -0.2) is 12.5 Å². The molecule has 1 heterocycles. The first kappa shape index (κ1) is 14.9. The van der Waals surface area contributed by atoms with Gasteiger partial charge in [-0.05, 0) is 34.1 Å². The highest BCUT2D eigenvalue weighted by Gasteiger charge is 2.12. The SMILES string of the molecule is O=C(Nc1ccc(OC(F)F)c(F)c1)c1csc(Br)c1. The van der Waals surface area contributed by atoms with Crippen LogP contribution in [0.1, 0.15) is 10.4 Å². The monoisotopic (exact) mass is 365 g/mol. The number of alkyl halides is 2. The number of amides is 1. The van der Waals surface area contributed by atoms with Gasteiger partial charge in [-0.15, -0.1) is 11.3 Å². The van der Waals surface area contributed by atoms with Crippen molar-refractivity contribution in [2.75, 3.05) is 5.32 Å². The van der Waals surface area contributed by atoms with Crippen LogP contribution in [0.25, 0.3) is 0 Å². The first-order valence-electron chi connectivity index (χ1n) is 5.25. The summed E-state index contributed by atoms with van der Waals surface area (Å²) in [6.45, 7) is -3.10. The normalized spacial score (nSPS) is 10.7. The number of hydrogen-bond donors (Lipinski definition) is 1. The van der Waals surface area contributed by atoms with Gasteiger partial charge in [-0.1, -0.05) is 0 Å². The van der Waals surface area contributed by atoms with E-state index in [4.69, 9.17) is 0 Å². The second kappa shape index (κ2) is 6.27. The lowest BCUT2D eigenvalue weighted by molar-refractivity contribution is -0.0521. The average molecular weight is 366 g/mol. The maximum Gasteiger partial charge on any atom is 0.387 e. The molecular weight excluding hydrogens is 359 g/mol. The van der Waals surface area contributed by atoms with Crippen LogP contribution >= 0.6 is 27.3 Å². The molecule has 106 valence electrons. The molecule has 1 N–H and O–H groups in total. The number of anilines is 1. The molecule has 2 aromatic rings. The minimum absolute atomic E-state index is 0.149. The lowest BCUT2D eigenvalue weighted by Gasteiger charge is -2.08. The molecule has 0 aliphatic rings. The summed E-state index contributed by atoms with van der Waals surface area (Å²) in [5.74, 6) is -1.97. The van der Waals surface area contributed by atoms with Gasteiger partial charge < -0.3 is 10.1 Å². The third kappa shape index (κ3) is 3.73. The molecule has 0 atom stereocenters. The summed E-state index contributed by atoms with van der Waals surface area (Å²) in [7, 11) is 0. The predicted octanol–water partition coefficient (Wildman–Crippen LogP) is 4.50. The predicted molar refractivity (Wildman–Crippen MR) is 73.0 cm³/mol. The quantitative estimate of drug-likeness (QED) is 0.865. The molecule has 3 nitrogen and oxygen atoms in total. The Hall–Kier alpha value is -1.54. The van der Waals surface area contributed by atoms with Gasteiger partial charge in [0.15, 0.2) is 11.6 Å². The van der Waals surface area contributed by atoms with Crippen LogP contribution in [-0.2, 0) is 0 Å². The van der Waals surface area contributed by atoms with Gasteiger partial charge in [0.05, 0.1) is 9.35 Å². The second-order valence-electron chi connectivity index (χ2n) is 3.62. The van der Waals surface area contributed by atoms with E-state index < -0.39 is 24.1 Å². The van der Waals surface area contributed by atoms with Gasteiger partial charge in [0.25, 0.3) is 5.91 Å². The zero-order valence-corrected chi connectivity index (χ0v) is 12.1. The number of ether oxygens (including phenoxy) is 1. The number of rotatable bonds is 4. The smallest absolute Gasteiger partial charge is 0.387 e. The Kier molecular flexibility index (Phi) is 4.66. The van der Waals surface area contributed by atoms with Crippen LogP contribution in [0.4, 0.5) is 18.9 Å². The molecule has 0 unspecified atom stereocenters. The van der Waals surface area contributed by atoms with E-state index in [2.05, 4.69) is 26.0 Å².